The average molecular weight is 378 g/mol. The third-order valence-corrected chi connectivity index (χ3v) is 4.96. The van der Waals surface area contributed by atoms with Crippen LogP contribution in [0, 0.1) is 0 Å². The molecule has 1 saturated heterocycles. The number of aliphatic hydroxyl groups is 1. The largest absolute Gasteiger partial charge is 0.487 e. The number of benzene rings is 1. The number of carbonyl (C=O) groups excluding carboxylic acids is 2. The Morgan fingerprint density at radius 3 is 2.81 bits per heavy atom. The molecule has 0 radical (unpaired) electrons. The zero-order valence-corrected chi connectivity index (χ0v) is 15.8. The van der Waals surface area contributed by atoms with Crippen molar-refractivity contribution < 1.29 is 28.9 Å². The van der Waals surface area contributed by atoms with E-state index >= 15 is 0 Å². The fourth-order valence-electron chi connectivity index (χ4n) is 3.67. The summed E-state index contributed by atoms with van der Waals surface area (Å²) in [4.78, 5) is 25.4. The Hall–Kier alpha value is -2.16. The summed E-state index contributed by atoms with van der Waals surface area (Å²) in [5, 5.41) is 12.5. The highest BCUT2D eigenvalue weighted by molar-refractivity contribution is 5.91. The lowest BCUT2D eigenvalue weighted by molar-refractivity contribution is -0.147. The molecule has 2 aliphatic rings. The number of anilines is 1. The van der Waals surface area contributed by atoms with E-state index in [2.05, 4.69) is 5.32 Å². The quantitative estimate of drug-likeness (QED) is 0.758. The van der Waals surface area contributed by atoms with Crippen molar-refractivity contribution in [2.75, 3.05) is 39.7 Å². The first kappa shape index (κ1) is 19.6. The number of hydrogen-bond acceptors (Lipinski definition) is 6. The monoisotopic (exact) mass is 378 g/mol. The molecule has 1 aromatic carbocycles. The van der Waals surface area contributed by atoms with Crippen LogP contribution >= 0.6 is 0 Å². The van der Waals surface area contributed by atoms with E-state index in [-0.39, 0.29) is 49.6 Å². The Morgan fingerprint density at radius 1 is 1.37 bits per heavy atom. The first-order valence-electron chi connectivity index (χ1n) is 8.98. The minimum atomic E-state index is -0.498. The highest BCUT2D eigenvalue weighted by Crippen LogP contribution is 2.47. The maximum absolute atomic E-state index is 12.1. The molecule has 0 saturated carbocycles. The number of nitrogens with one attached hydrogen (secondary N) is 1. The van der Waals surface area contributed by atoms with Crippen LogP contribution in [0.4, 0.5) is 5.69 Å². The minimum absolute atomic E-state index is 0.00913. The molecule has 0 aliphatic carbocycles. The Kier molecular flexibility index (Phi) is 5.98. The lowest BCUT2D eigenvalue weighted by Crippen LogP contribution is -2.47. The van der Waals surface area contributed by atoms with Crippen LogP contribution in [0.15, 0.2) is 18.2 Å². The molecule has 8 nitrogen and oxygen atoms in total. The smallest absolute Gasteiger partial charge is 0.250 e. The lowest BCUT2D eigenvalue weighted by atomic mass is 9.84. The van der Waals surface area contributed by atoms with Crippen molar-refractivity contribution in [1.82, 2.24) is 4.90 Å². The highest BCUT2D eigenvalue weighted by Gasteiger charge is 2.46. The Morgan fingerprint density at radius 2 is 2.15 bits per heavy atom. The summed E-state index contributed by atoms with van der Waals surface area (Å²) in [5.74, 6) is 0.457. The van der Waals surface area contributed by atoms with Crippen LogP contribution in [0.25, 0.3) is 0 Å². The molecule has 0 unspecified atom stereocenters. The van der Waals surface area contributed by atoms with Gasteiger partial charge in [0.05, 0.1) is 19.1 Å². The van der Waals surface area contributed by atoms with Gasteiger partial charge in [0.25, 0.3) is 0 Å². The molecule has 4 atom stereocenters. The number of ether oxygens (including phenoxy) is 3. The first-order valence-corrected chi connectivity index (χ1v) is 8.98. The molecule has 3 rings (SSSR count). The lowest BCUT2D eigenvalue weighted by Gasteiger charge is -2.37. The van der Waals surface area contributed by atoms with Gasteiger partial charge in [-0.1, -0.05) is 0 Å². The molecule has 0 aromatic heterocycles. The Bertz CT molecular complexity index is 707. The Balaban J connectivity index is 1.79. The summed E-state index contributed by atoms with van der Waals surface area (Å²) in [7, 11) is 4.88. The SMILES string of the molecule is COCC(=O)Nc1ccc2c(c1)[C@@H]1C[C@H](CC(=O)N(C)C)O[C@@H](CO)[C@@H]1O2. The minimum Gasteiger partial charge on any atom is -0.487 e. The summed E-state index contributed by atoms with van der Waals surface area (Å²) in [6.45, 7) is -0.200. The third-order valence-electron chi connectivity index (χ3n) is 4.96. The van der Waals surface area contributed by atoms with Gasteiger partial charge in [0.1, 0.15) is 24.6 Å². The van der Waals surface area contributed by atoms with Gasteiger partial charge in [0.15, 0.2) is 0 Å². The number of nitrogens with zero attached hydrogens (tertiary/aromatic N) is 1. The van der Waals surface area contributed by atoms with E-state index in [1.54, 1.807) is 20.2 Å². The van der Waals surface area contributed by atoms with Crippen LogP contribution in [0.5, 0.6) is 5.75 Å². The van der Waals surface area contributed by atoms with E-state index in [1.807, 2.05) is 12.1 Å². The fourth-order valence-corrected chi connectivity index (χ4v) is 3.67. The molecule has 0 bridgehead atoms. The number of hydrogen-bond donors (Lipinski definition) is 2. The van der Waals surface area contributed by atoms with Gasteiger partial charge in [0.2, 0.25) is 11.8 Å². The van der Waals surface area contributed by atoms with Gasteiger partial charge in [-0.15, -0.1) is 0 Å². The molecule has 2 heterocycles. The standard InChI is InChI=1S/C19H26N2O6/c1-21(2)18(24)8-12-7-14-13-6-11(20-17(23)10-25-3)4-5-15(13)27-19(14)16(9-22)26-12/h4-6,12,14,16,19,22H,7-10H2,1-3H3,(H,20,23)/t12-,14+,16+,19-/m1/s1. The number of rotatable bonds is 6. The van der Waals surface area contributed by atoms with Crippen molar-refractivity contribution in [3.8, 4) is 5.75 Å². The fraction of sp³-hybridized carbons (Fsp3) is 0.579. The van der Waals surface area contributed by atoms with Crippen molar-refractivity contribution in [3.05, 3.63) is 23.8 Å². The normalized spacial score (nSPS) is 25.9. The van der Waals surface area contributed by atoms with Gasteiger partial charge in [0, 0.05) is 38.4 Å². The molecule has 2 N–H and O–H groups in total. The number of carbonyl (C=O) groups is 2. The predicted molar refractivity (Wildman–Crippen MR) is 97.8 cm³/mol. The molecule has 0 spiro atoms. The first-order chi connectivity index (χ1) is 12.9. The van der Waals surface area contributed by atoms with Crippen LogP contribution in [-0.4, -0.2) is 74.6 Å². The summed E-state index contributed by atoms with van der Waals surface area (Å²) in [6.07, 6.45) is -0.224. The van der Waals surface area contributed by atoms with E-state index in [9.17, 15) is 14.7 Å². The molecule has 148 valence electrons. The van der Waals surface area contributed by atoms with Crippen LogP contribution in [0.2, 0.25) is 0 Å². The molecule has 27 heavy (non-hydrogen) atoms. The summed E-state index contributed by atoms with van der Waals surface area (Å²) < 4.78 is 16.8. The summed E-state index contributed by atoms with van der Waals surface area (Å²) in [5.41, 5.74) is 1.62. The second kappa shape index (κ2) is 8.24. The van der Waals surface area contributed by atoms with E-state index in [0.717, 1.165) is 11.3 Å². The van der Waals surface area contributed by atoms with Gasteiger partial charge in [-0.2, -0.15) is 0 Å². The molecule has 8 heteroatoms. The highest BCUT2D eigenvalue weighted by atomic mass is 16.6. The summed E-state index contributed by atoms with van der Waals surface area (Å²) in [6, 6.07) is 5.47. The van der Waals surface area contributed by atoms with E-state index in [1.165, 1.54) is 12.0 Å². The molecular formula is C19H26N2O6. The maximum atomic E-state index is 12.1. The van der Waals surface area contributed by atoms with Crippen LogP contribution in [-0.2, 0) is 19.1 Å². The molecular weight excluding hydrogens is 352 g/mol. The average Bonchev–Trinajstić information content (AvgIpc) is 2.99. The van der Waals surface area contributed by atoms with E-state index in [4.69, 9.17) is 14.2 Å². The van der Waals surface area contributed by atoms with Crippen LogP contribution < -0.4 is 10.1 Å². The maximum Gasteiger partial charge on any atom is 0.250 e. The number of amides is 2. The van der Waals surface area contributed by atoms with Crippen LogP contribution in [0.1, 0.15) is 24.3 Å². The van der Waals surface area contributed by atoms with Crippen molar-refractivity contribution in [3.63, 3.8) is 0 Å². The molecule has 1 fully saturated rings. The number of fused-ring (bicyclic) bond motifs is 3. The zero-order chi connectivity index (χ0) is 19.6. The molecule has 2 amide bonds. The number of aliphatic hydroxyl groups excluding tert-OH is 1. The van der Waals surface area contributed by atoms with E-state index in [0.29, 0.717) is 12.1 Å². The molecule has 1 aromatic rings. The van der Waals surface area contributed by atoms with Crippen molar-refractivity contribution in [2.24, 2.45) is 0 Å². The second-order valence-corrected chi connectivity index (χ2v) is 7.13. The number of methoxy groups -OCH3 is 1. The topological polar surface area (TPSA) is 97.3 Å². The van der Waals surface area contributed by atoms with E-state index < -0.39 is 6.10 Å². The Labute approximate surface area is 158 Å². The predicted octanol–water partition coefficient (Wildman–Crippen LogP) is 0.744. The molecule has 2 aliphatic heterocycles. The van der Waals surface area contributed by atoms with Gasteiger partial charge >= 0.3 is 0 Å². The zero-order valence-electron chi connectivity index (χ0n) is 15.8. The van der Waals surface area contributed by atoms with Crippen molar-refractivity contribution in [1.29, 1.82) is 0 Å². The van der Waals surface area contributed by atoms with Gasteiger partial charge < -0.3 is 29.5 Å². The van der Waals surface area contributed by atoms with Gasteiger partial charge in [-0.3, -0.25) is 9.59 Å². The third kappa shape index (κ3) is 4.23. The van der Waals surface area contributed by atoms with Crippen molar-refractivity contribution >= 4 is 17.5 Å². The van der Waals surface area contributed by atoms with Gasteiger partial charge in [-0.05, 0) is 24.6 Å². The summed E-state index contributed by atoms with van der Waals surface area (Å²) >= 11 is 0. The second-order valence-electron chi connectivity index (χ2n) is 7.13. The van der Waals surface area contributed by atoms with Crippen LogP contribution in [0.3, 0.4) is 0 Å². The van der Waals surface area contributed by atoms with Crippen molar-refractivity contribution in [2.45, 2.75) is 37.1 Å². The van der Waals surface area contributed by atoms with Gasteiger partial charge in [-0.25, -0.2) is 0 Å².